The van der Waals surface area contributed by atoms with Gasteiger partial charge >= 0.3 is 12.1 Å². The fraction of sp³-hybridized carbons (Fsp3) is 0.381. The van der Waals surface area contributed by atoms with Gasteiger partial charge in [0.2, 0.25) is 5.89 Å². The summed E-state index contributed by atoms with van der Waals surface area (Å²) in [4.78, 5) is 30.8. The van der Waals surface area contributed by atoms with Crippen LogP contribution in [-0.2, 0) is 14.3 Å². The number of amides is 1. The van der Waals surface area contributed by atoms with Crippen molar-refractivity contribution in [3.63, 3.8) is 0 Å². The van der Waals surface area contributed by atoms with E-state index >= 15 is 0 Å². The third-order valence-electron chi connectivity index (χ3n) is 4.26. The van der Waals surface area contributed by atoms with E-state index in [0.29, 0.717) is 35.7 Å². The topological polar surface area (TPSA) is 81.9 Å². The Morgan fingerprint density at radius 2 is 1.89 bits per heavy atom. The second kappa shape index (κ2) is 7.88. The van der Waals surface area contributed by atoms with E-state index < -0.39 is 17.7 Å². The number of esters is 1. The molecule has 7 heteroatoms. The van der Waals surface area contributed by atoms with E-state index in [2.05, 4.69) is 4.98 Å². The molecule has 0 unspecified atom stereocenters. The Bertz CT molecular complexity index is 893. The zero-order valence-electron chi connectivity index (χ0n) is 16.5. The molecule has 2 aromatic rings. The predicted octanol–water partition coefficient (Wildman–Crippen LogP) is 3.91. The number of benzene rings is 1. The largest absolute Gasteiger partial charge is 0.466 e. The minimum Gasteiger partial charge on any atom is -0.466 e. The Labute approximate surface area is 163 Å². The number of nitrogens with zero attached hydrogens (tertiary/aromatic N) is 2. The van der Waals surface area contributed by atoms with E-state index in [1.54, 1.807) is 27.0 Å². The first-order valence-electron chi connectivity index (χ1n) is 9.08. The quantitative estimate of drug-likeness (QED) is 0.746. The van der Waals surface area contributed by atoms with Gasteiger partial charge in [-0.05, 0) is 27.2 Å². The Kier molecular flexibility index (Phi) is 5.53. The molecule has 0 saturated heterocycles. The first-order chi connectivity index (χ1) is 13.3. The number of carbonyl (C=O) groups is 2. The molecule has 1 aliphatic rings. The molecule has 7 nitrogen and oxygen atoms in total. The summed E-state index contributed by atoms with van der Waals surface area (Å²) in [7, 11) is 1.31. The summed E-state index contributed by atoms with van der Waals surface area (Å²) < 4.78 is 16.0. The van der Waals surface area contributed by atoms with Crippen LogP contribution < -0.4 is 0 Å². The molecular weight excluding hydrogens is 360 g/mol. The van der Waals surface area contributed by atoms with Gasteiger partial charge in [0, 0.05) is 17.7 Å². The minimum atomic E-state index is -0.611. The van der Waals surface area contributed by atoms with Gasteiger partial charge in [-0.2, -0.15) is 0 Å². The van der Waals surface area contributed by atoms with Crippen molar-refractivity contribution in [1.29, 1.82) is 0 Å². The molecule has 0 aliphatic carbocycles. The summed E-state index contributed by atoms with van der Waals surface area (Å²) in [6.07, 6.45) is 1.51. The molecule has 148 valence electrons. The fourth-order valence-electron chi connectivity index (χ4n) is 2.95. The number of hydrogen-bond donors (Lipinski definition) is 0. The standard InChI is InChI=1S/C21H24N2O5/c1-21(2,3)28-20(25)23-11-10-15(16(12-23)19(24)26-4)18-22-17(13-27-18)14-8-6-5-7-9-14/h5-9,13H,10-12H2,1-4H3. The maximum absolute atomic E-state index is 12.4. The molecule has 0 radical (unpaired) electrons. The number of hydrogen-bond acceptors (Lipinski definition) is 6. The lowest BCUT2D eigenvalue weighted by atomic mass is 10.00. The molecule has 3 rings (SSSR count). The molecule has 0 N–H and O–H groups in total. The van der Waals surface area contributed by atoms with Crippen molar-refractivity contribution < 1.29 is 23.5 Å². The van der Waals surface area contributed by atoms with Gasteiger partial charge in [-0.3, -0.25) is 0 Å². The normalized spacial score (nSPS) is 14.8. The number of aromatic nitrogens is 1. The van der Waals surface area contributed by atoms with E-state index in [1.807, 2.05) is 30.3 Å². The van der Waals surface area contributed by atoms with E-state index in [1.165, 1.54) is 12.0 Å². The Morgan fingerprint density at radius 1 is 1.18 bits per heavy atom. The van der Waals surface area contributed by atoms with Crippen LogP contribution in [0, 0.1) is 0 Å². The van der Waals surface area contributed by atoms with Gasteiger partial charge in [0.1, 0.15) is 17.6 Å². The van der Waals surface area contributed by atoms with E-state index in [9.17, 15) is 9.59 Å². The summed E-state index contributed by atoms with van der Waals surface area (Å²) in [5.41, 5.74) is 1.99. The zero-order valence-corrected chi connectivity index (χ0v) is 16.5. The Morgan fingerprint density at radius 3 is 2.54 bits per heavy atom. The molecule has 0 atom stereocenters. The van der Waals surface area contributed by atoms with Crippen LogP contribution in [0.25, 0.3) is 16.8 Å². The van der Waals surface area contributed by atoms with Gasteiger partial charge in [0.15, 0.2) is 0 Å². The molecule has 1 aromatic carbocycles. The SMILES string of the molecule is COC(=O)C1=C(c2nc(-c3ccccc3)co2)CCN(C(=O)OC(C)(C)C)C1. The number of oxazole rings is 1. The number of methoxy groups -OCH3 is 1. The maximum Gasteiger partial charge on any atom is 0.410 e. The second-order valence-corrected chi connectivity index (χ2v) is 7.50. The highest BCUT2D eigenvalue weighted by Gasteiger charge is 2.32. The first kappa shape index (κ1) is 19.7. The van der Waals surface area contributed by atoms with Gasteiger partial charge in [0.25, 0.3) is 0 Å². The highest BCUT2D eigenvalue weighted by Crippen LogP contribution is 2.30. The molecular formula is C21H24N2O5. The summed E-state index contributed by atoms with van der Waals surface area (Å²) in [6.45, 7) is 5.88. The van der Waals surface area contributed by atoms with Crippen molar-refractivity contribution in [2.45, 2.75) is 32.8 Å². The van der Waals surface area contributed by atoms with Crippen molar-refractivity contribution in [2.24, 2.45) is 0 Å². The highest BCUT2D eigenvalue weighted by atomic mass is 16.6. The molecule has 28 heavy (non-hydrogen) atoms. The van der Waals surface area contributed by atoms with E-state index in [0.717, 1.165) is 5.56 Å². The summed E-state index contributed by atoms with van der Waals surface area (Å²) in [5, 5.41) is 0. The lowest BCUT2D eigenvalue weighted by Gasteiger charge is -2.31. The molecule has 1 amide bonds. The van der Waals surface area contributed by atoms with Crippen LogP contribution in [0.5, 0.6) is 0 Å². The van der Waals surface area contributed by atoms with Crippen LogP contribution in [0.1, 0.15) is 33.1 Å². The number of ether oxygens (including phenoxy) is 2. The van der Waals surface area contributed by atoms with Crippen molar-refractivity contribution >= 4 is 17.6 Å². The summed E-state index contributed by atoms with van der Waals surface area (Å²) >= 11 is 0. The molecule has 1 aliphatic heterocycles. The van der Waals surface area contributed by atoms with Gasteiger partial charge in [-0.1, -0.05) is 30.3 Å². The molecule has 0 fully saturated rings. The third-order valence-corrected chi connectivity index (χ3v) is 4.26. The number of carbonyl (C=O) groups excluding carboxylic acids is 2. The van der Waals surface area contributed by atoms with Gasteiger partial charge in [-0.15, -0.1) is 0 Å². The smallest absolute Gasteiger partial charge is 0.410 e. The molecule has 1 aromatic heterocycles. The van der Waals surface area contributed by atoms with E-state index in [-0.39, 0.29) is 6.54 Å². The molecule has 0 spiro atoms. The monoisotopic (exact) mass is 384 g/mol. The van der Waals surface area contributed by atoms with Crippen LogP contribution in [0.3, 0.4) is 0 Å². The van der Waals surface area contributed by atoms with Crippen LogP contribution in [0.2, 0.25) is 0 Å². The first-order valence-corrected chi connectivity index (χ1v) is 9.08. The average molecular weight is 384 g/mol. The summed E-state index contributed by atoms with van der Waals surface area (Å²) in [5.74, 6) is -0.147. The van der Waals surface area contributed by atoms with Crippen molar-refractivity contribution in [3.8, 4) is 11.3 Å². The Hall–Kier alpha value is -3.09. The van der Waals surface area contributed by atoms with Crippen LogP contribution in [0.15, 0.2) is 46.6 Å². The highest BCUT2D eigenvalue weighted by molar-refractivity contribution is 5.98. The molecule has 0 saturated carbocycles. The number of rotatable bonds is 3. The summed E-state index contributed by atoms with van der Waals surface area (Å²) in [6, 6.07) is 9.63. The lowest BCUT2D eigenvalue weighted by molar-refractivity contribution is -0.136. The van der Waals surface area contributed by atoms with Gasteiger partial charge in [-0.25, -0.2) is 14.6 Å². The fourth-order valence-corrected chi connectivity index (χ4v) is 2.95. The Balaban J connectivity index is 1.89. The van der Waals surface area contributed by atoms with Crippen LogP contribution in [-0.4, -0.2) is 47.7 Å². The molecule has 2 heterocycles. The minimum absolute atomic E-state index is 0.0833. The van der Waals surface area contributed by atoms with Gasteiger partial charge < -0.3 is 18.8 Å². The predicted molar refractivity (Wildman–Crippen MR) is 103 cm³/mol. The zero-order chi connectivity index (χ0) is 20.3. The van der Waals surface area contributed by atoms with E-state index in [4.69, 9.17) is 13.9 Å². The third kappa shape index (κ3) is 4.42. The average Bonchev–Trinajstić information content (AvgIpc) is 3.16. The van der Waals surface area contributed by atoms with Gasteiger partial charge in [0.05, 0.1) is 19.2 Å². The maximum atomic E-state index is 12.4. The van der Waals surface area contributed by atoms with Crippen molar-refractivity contribution in [1.82, 2.24) is 9.88 Å². The second-order valence-electron chi connectivity index (χ2n) is 7.50. The van der Waals surface area contributed by atoms with Crippen molar-refractivity contribution in [3.05, 3.63) is 48.1 Å². The van der Waals surface area contributed by atoms with Crippen molar-refractivity contribution in [2.75, 3.05) is 20.2 Å². The lowest BCUT2D eigenvalue weighted by Crippen LogP contribution is -2.42. The van der Waals surface area contributed by atoms with Crippen LogP contribution >= 0.6 is 0 Å². The molecule has 0 bridgehead atoms. The van der Waals surface area contributed by atoms with Crippen LogP contribution in [0.4, 0.5) is 4.79 Å².